The molecule has 1 N–H and O–H groups in total. The monoisotopic (exact) mass is 327 g/mol. The third kappa shape index (κ3) is 4.96. The second kappa shape index (κ2) is 7.06. The number of esters is 1. The quantitative estimate of drug-likeness (QED) is 0.644. The summed E-state index contributed by atoms with van der Waals surface area (Å²) in [4.78, 5) is 11.0. The number of ether oxygens (including phenoxy) is 1. The molecule has 1 aromatic carbocycles. The zero-order chi connectivity index (χ0) is 14.5. The van der Waals surface area contributed by atoms with Gasteiger partial charge in [-0.25, -0.2) is 0 Å². The van der Waals surface area contributed by atoms with E-state index in [1.165, 1.54) is 18.2 Å². The normalized spacial score (nSPS) is 11.4. The van der Waals surface area contributed by atoms with Crippen LogP contribution in [0.2, 0.25) is 0 Å². The number of aryl methyl sites for hydroxylation is 1. The van der Waals surface area contributed by atoms with Gasteiger partial charge in [0.2, 0.25) is 0 Å². The van der Waals surface area contributed by atoms with Crippen molar-refractivity contribution in [3.8, 4) is 0 Å². The Hall–Kier alpha value is -0.870. The van der Waals surface area contributed by atoms with Gasteiger partial charge in [-0.15, -0.1) is 0 Å². The van der Waals surface area contributed by atoms with Crippen LogP contribution in [-0.2, 0) is 14.9 Å². The minimum absolute atomic E-state index is 0.0178. The van der Waals surface area contributed by atoms with Crippen LogP contribution in [0, 0.1) is 6.92 Å². The van der Waals surface area contributed by atoms with E-state index in [-0.39, 0.29) is 11.4 Å². The second-order valence-corrected chi connectivity index (χ2v) is 6.26. The molecule has 0 atom stereocenters. The summed E-state index contributed by atoms with van der Waals surface area (Å²) in [6.07, 6.45) is 0.407. The average molecular weight is 328 g/mol. The van der Waals surface area contributed by atoms with Crippen LogP contribution in [-0.4, -0.2) is 26.2 Å². The fraction of sp³-hybridized carbons (Fsp3) is 0.533. The number of methoxy groups -OCH3 is 1. The Kier molecular flexibility index (Phi) is 6.01. The highest BCUT2D eigenvalue weighted by molar-refractivity contribution is 9.10. The first-order valence-corrected chi connectivity index (χ1v) is 7.20. The molecule has 0 heterocycles. The second-order valence-electron chi connectivity index (χ2n) is 5.35. The molecule has 0 unspecified atom stereocenters. The van der Waals surface area contributed by atoms with Crippen LogP contribution >= 0.6 is 15.9 Å². The van der Waals surface area contributed by atoms with Crippen molar-refractivity contribution in [1.29, 1.82) is 0 Å². The van der Waals surface area contributed by atoms with Crippen molar-refractivity contribution in [3.63, 3.8) is 0 Å². The van der Waals surface area contributed by atoms with Crippen LogP contribution in [0.15, 0.2) is 22.7 Å². The summed E-state index contributed by atoms with van der Waals surface area (Å²) in [5.74, 6) is -0.177. The summed E-state index contributed by atoms with van der Waals surface area (Å²) in [6.45, 7) is 7.99. The summed E-state index contributed by atoms with van der Waals surface area (Å²) < 4.78 is 5.71. The molecule has 0 amide bonds. The van der Waals surface area contributed by atoms with E-state index < -0.39 is 0 Å². The van der Waals surface area contributed by atoms with E-state index in [1.807, 2.05) is 0 Å². The van der Waals surface area contributed by atoms with Crippen molar-refractivity contribution in [2.24, 2.45) is 0 Å². The molecule has 0 aliphatic carbocycles. The molecule has 0 aliphatic rings. The highest BCUT2D eigenvalue weighted by Gasteiger charge is 2.22. The SMILES string of the molecule is COC(=O)CCNCC(C)(C)c1cc(Br)ccc1C. The molecule has 0 aromatic heterocycles. The van der Waals surface area contributed by atoms with Gasteiger partial charge in [0.25, 0.3) is 0 Å². The van der Waals surface area contributed by atoms with E-state index >= 15 is 0 Å². The van der Waals surface area contributed by atoms with Gasteiger partial charge in [-0.05, 0) is 30.2 Å². The van der Waals surface area contributed by atoms with Crippen molar-refractivity contribution < 1.29 is 9.53 Å². The topological polar surface area (TPSA) is 38.3 Å². The van der Waals surface area contributed by atoms with Crippen LogP contribution in [0.4, 0.5) is 0 Å². The summed E-state index contributed by atoms with van der Waals surface area (Å²) in [7, 11) is 1.41. The third-order valence-electron chi connectivity index (χ3n) is 3.23. The molecule has 106 valence electrons. The third-order valence-corrected chi connectivity index (χ3v) is 3.72. The number of hydrogen-bond donors (Lipinski definition) is 1. The van der Waals surface area contributed by atoms with Crippen LogP contribution in [0.5, 0.6) is 0 Å². The summed E-state index contributed by atoms with van der Waals surface area (Å²) in [5, 5.41) is 3.32. The molecular formula is C15H22BrNO2. The fourth-order valence-electron chi connectivity index (χ4n) is 2.11. The predicted octanol–water partition coefficient (Wildman–Crippen LogP) is 3.19. The number of benzene rings is 1. The molecule has 4 heteroatoms. The largest absolute Gasteiger partial charge is 0.469 e. The lowest BCUT2D eigenvalue weighted by Gasteiger charge is -2.28. The van der Waals surface area contributed by atoms with Crippen molar-refractivity contribution >= 4 is 21.9 Å². The predicted molar refractivity (Wildman–Crippen MR) is 81.4 cm³/mol. The highest BCUT2D eigenvalue weighted by atomic mass is 79.9. The zero-order valence-electron chi connectivity index (χ0n) is 12.0. The van der Waals surface area contributed by atoms with Gasteiger partial charge in [0.15, 0.2) is 0 Å². The Morgan fingerprint density at radius 3 is 2.74 bits per heavy atom. The summed E-state index contributed by atoms with van der Waals surface area (Å²) in [6, 6.07) is 6.34. The Balaban J connectivity index is 2.60. The molecule has 19 heavy (non-hydrogen) atoms. The minimum atomic E-state index is -0.177. The lowest BCUT2D eigenvalue weighted by atomic mass is 9.82. The molecule has 0 bridgehead atoms. The maximum absolute atomic E-state index is 11.0. The first-order valence-electron chi connectivity index (χ1n) is 6.41. The highest BCUT2D eigenvalue weighted by Crippen LogP contribution is 2.28. The van der Waals surface area contributed by atoms with E-state index in [1.54, 1.807) is 0 Å². The van der Waals surface area contributed by atoms with Crippen LogP contribution in [0.3, 0.4) is 0 Å². The first kappa shape index (κ1) is 16.2. The van der Waals surface area contributed by atoms with Crippen LogP contribution < -0.4 is 5.32 Å². The molecule has 1 aromatic rings. The molecule has 0 fully saturated rings. The number of carbonyl (C=O) groups is 1. The lowest BCUT2D eigenvalue weighted by molar-refractivity contribution is -0.140. The van der Waals surface area contributed by atoms with Gasteiger partial charge in [0.1, 0.15) is 0 Å². The Morgan fingerprint density at radius 2 is 2.11 bits per heavy atom. The molecule has 3 nitrogen and oxygen atoms in total. The zero-order valence-corrected chi connectivity index (χ0v) is 13.6. The van der Waals surface area contributed by atoms with E-state index in [0.29, 0.717) is 13.0 Å². The summed E-state index contributed by atoms with van der Waals surface area (Å²) in [5.41, 5.74) is 2.61. The summed E-state index contributed by atoms with van der Waals surface area (Å²) >= 11 is 3.52. The van der Waals surface area contributed by atoms with E-state index in [9.17, 15) is 4.79 Å². The minimum Gasteiger partial charge on any atom is -0.469 e. The molecule has 1 rings (SSSR count). The standard InChI is InChI=1S/C15H22BrNO2/c1-11-5-6-12(16)9-13(11)15(2,3)10-17-8-7-14(18)19-4/h5-6,9,17H,7-8,10H2,1-4H3. The van der Waals surface area contributed by atoms with E-state index in [2.05, 4.69) is 65.0 Å². The Labute approximate surface area is 123 Å². The van der Waals surface area contributed by atoms with Crippen molar-refractivity contribution in [2.45, 2.75) is 32.6 Å². The van der Waals surface area contributed by atoms with Crippen molar-refractivity contribution in [1.82, 2.24) is 5.32 Å². The van der Waals surface area contributed by atoms with Crippen LogP contribution in [0.1, 0.15) is 31.4 Å². The van der Waals surface area contributed by atoms with Crippen molar-refractivity contribution in [2.75, 3.05) is 20.2 Å². The number of rotatable bonds is 6. The van der Waals surface area contributed by atoms with Crippen LogP contribution in [0.25, 0.3) is 0 Å². The molecule has 0 aliphatic heterocycles. The first-order chi connectivity index (χ1) is 8.86. The number of carbonyl (C=O) groups excluding carboxylic acids is 1. The fourth-order valence-corrected chi connectivity index (χ4v) is 2.47. The van der Waals surface area contributed by atoms with Gasteiger partial charge in [-0.3, -0.25) is 4.79 Å². The maximum Gasteiger partial charge on any atom is 0.306 e. The van der Waals surface area contributed by atoms with Gasteiger partial charge < -0.3 is 10.1 Å². The van der Waals surface area contributed by atoms with Gasteiger partial charge in [0, 0.05) is 23.0 Å². The number of nitrogens with one attached hydrogen (secondary N) is 1. The molecular weight excluding hydrogens is 306 g/mol. The van der Waals surface area contributed by atoms with E-state index in [4.69, 9.17) is 0 Å². The van der Waals surface area contributed by atoms with Gasteiger partial charge in [0.05, 0.1) is 13.5 Å². The maximum atomic E-state index is 11.0. The molecule has 0 radical (unpaired) electrons. The molecule has 0 spiro atoms. The van der Waals surface area contributed by atoms with Gasteiger partial charge >= 0.3 is 5.97 Å². The van der Waals surface area contributed by atoms with Crippen molar-refractivity contribution in [3.05, 3.63) is 33.8 Å². The van der Waals surface area contributed by atoms with Gasteiger partial charge in [-0.2, -0.15) is 0 Å². The number of hydrogen-bond acceptors (Lipinski definition) is 3. The van der Waals surface area contributed by atoms with E-state index in [0.717, 1.165) is 11.0 Å². The molecule has 0 saturated carbocycles. The molecule has 0 saturated heterocycles. The smallest absolute Gasteiger partial charge is 0.306 e. The Bertz CT molecular complexity index is 444. The Morgan fingerprint density at radius 1 is 1.42 bits per heavy atom. The van der Waals surface area contributed by atoms with Gasteiger partial charge in [-0.1, -0.05) is 35.8 Å². The average Bonchev–Trinajstić information content (AvgIpc) is 2.37. The lowest BCUT2D eigenvalue weighted by Crippen LogP contribution is -2.34. The number of halogens is 1.